The van der Waals surface area contributed by atoms with Gasteiger partial charge >= 0.3 is 5.97 Å². The molecule has 0 N–H and O–H groups in total. The number of carbonyl (C=O) groups is 1. The van der Waals surface area contributed by atoms with Gasteiger partial charge in [-0.3, -0.25) is 0 Å². The van der Waals surface area contributed by atoms with Crippen LogP contribution >= 0.6 is 0 Å². The van der Waals surface area contributed by atoms with Gasteiger partial charge in [0.2, 0.25) is 0 Å². The third-order valence-electron chi connectivity index (χ3n) is 6.05. The van der Waals surface area contributed by atoms with Gasteiger partial charge in [0, 0.05) is 5.57 Å². The second kappa shape index (κ2) is 11.6. The molecule has 0 unspecified atom stereocenters. The lowest BCUT2D eigenvalue weighted by Crippen LogP contribution is -2.89. The average Bonchev–Trinajstić information content (AvgIpc) is 2.45. The molecule has 0 aromatic carbocycles. The molecule has 0 bridgehead atoms. The Labute approximate surface area is 218 Å². The van der Waals surface area contributed by atoms with Crippen LogP contribution in [-0.2, 0) is 21.9 Å². The molecule has 0 fully saturated rings. The molecule has 0 aromatic rings. The maximum absolute atomic E-state index is 12.1. The summed E-state index contributed by atoms with van der Waals surface area (Å²) >= 11 is 0. The summed E-state index contributed by atoms with van der Waals surface area (Å²) in [5.74, 6) is -0.299. The summed E-state index contributed by atoms with van der Waals surface area (Å²) in [5, 5.41) is 0. The summed E-state index contributed by atoms with van der Waals surface area (Å²) in [7, 11) is -12.1. The number of rotatable bonds is 14. The minimum absolute atomic E-state index is 0.299. The van der Waals surface area contributed by atoms with Gasteiger partial charge in [-0.15, -0.1) is 0 Å². The molecule has 5 nitrogen and oxygen atoms in total. The topological polar surface area (TPSA) is 54.0 Å². The van der Waals surface area contributed by atoms with Crippen LogP contribution in [0.1, 0.15) is 13.3 Å². The number of ether oxygens (including phenoxy) is 1. The molecule has 0 atom stereocenters. The van der Waals surface area contributed by atoms with Crippen LogP contribution in [0.5, 0.6) is 0 Å². The van der Waals surface area contributed by atoms with Gasteiger partial charge in [0.25, 0.3) is 0 Å². The zero-order valence-corrected chi connectivity index (χ0v) is 32.4. The molecule has 0 amide bonds. The van der Waals surface area contributed by atoms with E-state index in [1.165, 1.54) is 0 Å². The van der Waals surface area contributed by atoms with Gasteiger partial charge in [-0.25, -0.2) is 4.79 Å². The van der Waals surface area contributed by atoms with E-state index in [2.05, 4.69) is 105 Å². The van der Waals surface area contributed by atoms with Crippen LogP contribution in [-0.4, -0.2) is 67.7 Å². The van der Waals surface area contributed by atoms with E-state index in [0.717, 1.165) is 12.5 Å². The predicted octanol–water partition coefficient (Wildman–Crippen LogP) is 7.35. The van der Waals surface area contributed by atoms with E-state index >= 15 is 0 Å². The SMILES string of the molecule is C=C(C)C(=O)OCCC[Si]([Si](C)(C)O[Si](C)(C)C)([Si](C)(C)O[Si](C)(C)C)[Si](C)(C)O[Si](C)(C)C. The summed E-state index contributed by atoms with van der Waals surface area (Å²) in [6, 6.07) is 1.05. The van der Waals surface area contributed by atoms with E-state index in [1.54, 1.807) is 6.92 Å². The molecule has 0 saturated heterocycles. The zero-order valence-electron chi connectivity index (χ0n) is 25.4. The van der Waals surface area contributed by atoms with Crippen molar-refractivity contribution in [3.05, 3.63) is 12.2 Å². The molecule has 34 heavy (non-hydrogen) atoms. The van der Waals surface area contributed by atoms with Crippen LogP contribution in [0.3, 0.4) is 0 Å². The van der Waals surface area contributed by atoms with Crippen molar-refractivity contribution in [2.24, 2.45) is 0 Å². The number of carbonyl (C=O) groups excluding carboxylic acids is 1. The highest BCUT2D eigenvalue weighted by Gasteiger charge is 2.71. The van der Waals surface area contributed by atoms with Crippen molar-refractivity contribution in [2.45, 2.75) is 118 Å². The lowest BCUT2D eigenvalue weighted by atomic mass is 10.4. The van der Waals surface area contributed by atoms with Crippen LogP contribution in [0.25, 0.3) is 0 Å². The van der Waals surface area contributed by atoms with Crippen LogP contribution in [0.15, 0.2) is 12.2 Å². The van der Waals surface area contributed by atoms with Crippen LogP contribution < -0.4 is 0 Å². The minimum Gasteiger partial charge on any atom is -0.462 e. The van der Waals surface area contributed by atoms with Crippen molar-refractivity contribution in [1.82, 2.24) is 0 Å². The molecule has 0 saturated carbocycles. The first-order chi connectivity index (χ1) is 14.7. The molecule has 0 heterocycles. The third-order valence-corrected chi connectivity index (χ3v) is 82.8. The number of esters is 1. The summed E-state index contributed by atoms with van der Waals surface area (Å²) < 4.78 is 27.4. The van der Waals surface area contributed by atoms with Crippen LogP contribution in [0, 0.1) is 0 Å². The highest BCUT2D eigenvalue weighted by Crippen LogP contribution is 2.45. The Morgan fingerprint density at radius 1 is 0.618 bits per heavy atom. The largest absolute Gasteiger partial charge is 0.462 e. The molecular formula is C22H56O5Si7. The molecule has 0 radical (unpaired) electrons. The molecule has 0 aliphatic rings. The maximum Gasteiger partial charge on any atom is 0.333 e. The Kier molecular flexibility index (Phi) is 11.8. The molecule has 0 aromatic heterocycles. The van der Waals surface area contributed by atoms with Gasteiger partial charge in [-0.2, -0.15) is 0 Å². The third kappa shape index (κ3) is 9.82. The zero-order chi connectivity index (χ0) is 27.6. The van der Waals surface area contributed by atoms with Crippen molar-refractivity contribution in [1.29, 1.82) is 0 Å². The minimum atomic E-state index is -2.27. The van der Waals surface area contributed by atoms with E-state index in [1.807, 2.05) is 0 Å². The highest BCUT2D eigenvalue weighted by atomic mass is 29.9. The smallest absolute Gasteiger partial charge is 0.333 e. The Bertz CT molecular complexity index is 647. The maximum atomic E-state index is 12.1. The van der Waals surface area contributed by atoms with Gasteiger partial charge in [-0.1, -0.05) is 12.6 Å². The van der Waals surface area contributed by atoms with Crippen molar-refractivity contribution in [3.63, 3.8) is 0 Å². The second-order valence-electron chi connectivity index (χ2n) is 14.1. The lowest BCUT2D eigenvalue weighted by Gasteiger charge is -2.61. The molecule has 202 valence electrons. The van der Waals surface area contributed by atoms with Gasteiger partial charge in [0.1, 0.15) is 6.63 Å². The molecule has 0 aliphatic heterocycles. The van der Waals surface area contributed by atoms with E-state index < -0.39 is 55.1 Å². The number of hydrogen-bond donors (Lipinski definition) is 0. The van der Waals surface area contributed by atoms with Crippen molar-refractivity contribution in [2.75, 3.05) is 6.61 Å². The van der Waals surface area contributed by atoms with E-state index in [4.69, 9.17) is 17.1 Å². The van der Waals surface area contributed by atoms with Crippen molar-refractivity contribution in [3.8, 4) is 0 Å². The molecule has 0 spiro atoms. The summed E-state index contributed by atoms with van der Waals surface area (Å²) in [5.41, 5.74) is 0.453. The molecule has 0 aliphatic carbocycles. The summed E-state index contributed by atoms with van der Waals surface area (Å²) in [4.78, 5) is 12.1. The fraction of sp³-hybridized carbons (Fsp3) is 0.864. The summed E-state index contributed by atoms with van der Waals surface area (Å²) in [6.45, 7) is 39.3. The normalized spacial score (nSPS) is 14.8. The first-order valence-corrected chi connectivity index (χ1v) is 36.8. The monoisotopic (exact) mass is 596 g/mol. The Hall–Kier alpha value is 0.608. The summed E-state index contributed by atoms with van der Waals surface area (Å²) in [6.07, 6.45) is 0.841. The highest BCUT2D eigenvalue weighted by molar-refractivity contribution is 7.88. The average molecular weight is 597 g/mol. The van der Waals surface area contributed by atoms with Gasteiger partial charge in [0.15, 0.2) is 48.5 Å². The van der Waals surface area contributed by atoms with Crippen LogP contribution in [0.4, 0.5) is 0 Å². The lowest BCUT2D eigenvalue weighted by molar-refractivity contribution is -0.138. The van der Waals surface area contributed by atoms with Gasteiger partial charge in [0.05, 0.1) is 6.61 Å². The first-order valence-electron chi connectivity index (χ1n) is 12.6. The predicted molar refractivity (Wildman–Crippen MR) is 167 cm³/mol. The number of hydrogen-bond acceptors (Lipinski definition) is 5. The fourth-order valence-electron chi connectivity index (χ4n) is 6.26. The van der Waals surface area contributed by atoms with Crippen molar-refractivity contribution >= 4 is 61.1 Å². The molecular weight excluding hydrogens is 541 g/mol. The van der Waals surface area contributed by atoms with Gasteiger partial charge in [-0.05, 0) is 112 Å². The van der Waals surface area contributed by atoms with E-state index in [9.17, 15) is 4.79 Å². The fourth-order valence-corrected chi connectivity index (χ4v) is 114. The van der Waals surface area contributed by atoms with Crippen molar-refractivity contribution < 1.29 is 21.9 Å². The van der Waals surface area contributed by atoms with E-state index in [0.29, 0.717) is 12.2 Å². The molecule has 12 heteroatoms. The Morgan fingerprint density at radius 2 is 0.912 bits per heavy atom. The Balaban J connectivity index is 6.90. The van der Waals surface area contributed by atoms with Crippen LogP contribution in [0.2, 0.25) is 104 Å². The second-order valence-corrected chi connectivity index (χ2v) is 63.6. The standard InChI is InChI=1S/C22H56O5Si7/c1-21(2)22(23)24-19-18-20-34(31(12,13)25-28(3,4)5,32(14,15)26-29(6,7)8)33(16,17)27-30(9,10)11/h1,18-20H2,2-17H3. The molecule has 0 rings (SSSR count). The first kappa shape index (κ1) is 34.6. The van der Waals surface area contributed by atoms with Gasteiger partial charge < -0.3 is 17.1 Å². The Morgan fingerprint density at radius 3 is 1.15 bits per heavy atom. The quantitative estimate of drug-likeness (QED) is 0.0908. The van der Waals surface area contributed by atoms with E-state index in [-0.39, 0.29) is 5.97 Å².